The van der Waals surface area contributed by atoms with Crippen LogP contribution >= 0.6 is 0 Å². The zero-order valence-corrected chi connectivity index (χ0v) is 36.1. The molecule has 16 heteroatoms. The molecule has 0 heterocycles. The predicted octanol–water partition coefficient (Wildman–Crippen LogP) is 0.755. The molecule has 0 bridgehead atoms. The molecule has 0 atom stereocenters. The molecule has 0 saturated heterocycles. The van der Waals surface area contributed by atoms with Gasteiger partial charge in [0, 0.05) is 57.8 Å². The Bertz CT molecular complexity index is 835. The van der Waals surface area contributed by atoms with Crippen LogP contribution in [0.3, 0.4) is 0 Å². The molecule has 0 radical (unpaired) electrons. The van der Waals surface area contributed by atoms with Crippen LogP contribution in [0.4, 0.5) is 0 Å². The summed E-state index contributed by atoms with van der Waals surface area (Å²) in [5.41, 5.74) is 0.448. The number of nitrogens with zero attached hydrogens (tertiary/aromatic N) is 6. The lowest BCUT2D eigenvalue weighted by atomic mass is 10.4. The lowest BCUT2D eigenvalue weighted by molar-refractivity contribution is -0.142. The Labute approximate surface area is 323 Å². The van der Waals surface area contributed by atoms with E-state index in [1.165, 1.54) is 6.92 Å². The Morgan fingerprint density at radius 1 is 0.491 bits per heavy atom. The normalized spacial score (nSPS) is 10.4. The van der Waals surface area contributed by atoms with Crippen LogP contribution in [0.2, 0.25) is 0 Å². The molecular formula is C37H80N6O10. The summed E-state index contributed by atoms with van der Waals surface area (Å²) >= 11 is 0. The minimum atomic E-state index is -0.359. The summed E-state index contributed by atoms with van der Waals surface area (Å²) in [6.07, 6.45) is 1.16. The third-order valence-corrected chi connectivity index (χ3v) is 5.57. The highest BCUT2D eigenvalue weighted by Crippen LogP contribution is 1.91. The fourth-order valence-corrected chi connectivity index (χ4v) is 2.44. The van der Waals surface area contributed by atoms with Gasteiger partial charge in [0.05, 0.1) is 46.2 Å². The van der Waals surface area contributed by atoms with E-state index in [0.717, 1.165) is 58.6 Å². The van der Waals surface area contributed by atoms with Crippen LogP contribution in [0.1, 0.15) is 13.8 Å². The average molecular weight is 769 g/mol. The first-order valence-electron chi connectivity index (χ1n) is 17.7. The summed E-state index contributed by atoms with van der Waals surface area (Å²) in [5, 5.41) is 8.29. The van der Waals surface area contributed by atoms with Gasteiger partial charge in [-0.15, -0.1) is 0 Å². The average Bonchev–Trinajstić information content (AvgIpc) is 3.04. The molecule has 1 N–H and O–H groups in total. The standard InChI is InChI=1S/C8H20N2O.C8H17NO3.C8H15NO2.C7H13NO2.C6H15NO2/c1-9(2)5-7-11-8-6-10(3)4;1-8(10)12-7-6-11-5-4-9(2)3;1-7(2)8(10)11-6-5-9(3)4;1-4-7(9)10-6-5-8(2)3;1-7(2)3-5-9-6-4-8/h5-8H2,1-4H3;4-7H2,1-3H3;1,5-6H2,2-4H3;4H,1,5-6H2,2-3H3;8H,3-6H2,1-2H3. The van der Waals surface area contributed by atoms with Gasteiger partial charge < -0.3 is 62.9 Å². The number of aliphatic hydroxyl groups excluding tert-OH is 1. The van der Waals surface area contributed by atoms with Gasteiger partial charge in [-0.1, -0.05) is 13.2 Å². The molecule has 0 aliphatic rings. The number of ether oxygens (including phenoxy) is 6. The third-order valence-electron chi connectivity index (χ3n) is 5.57. The Morgan fingerprint density at radius 2 is 0.811 bits per heavy atom. The van der Waals surface area contributed by atoms with E-state index in [1.54, 1.807) is 6.92 Å². The van der Waals surface area contributed by atoms with Gasteiger partial charge in [-0.3, -0.25) is 4.79 Å². The summed E-state index contributed by atoms with van der Waals surface area (Å²) in [6, 6.07) is 0. The fraction of sp³-hybridized carbons (Fsp3) is 0.811. The van der Waals surface area contributed by atoms with Crippen molar-refractivity contribution in [3.05, 3.63) is 24.8 Å². The highest BCUT2D eigenvalue weighted by atomic mass is 16.6. The van der Waals surface area contributed by atoms with E-state index in [0.29, 0.717) is 51.8 Å². The van der Waals surface area contributed by atoms with E-state index in [2.05, 4.69) is 55.9 Å². The second-order valence-corrected chi connectivity index (χ2v) is 13.0. The van der Waals surface area contributed by atoms with Crippen LogP contribution in [0, 0.1) is 0 Å². The minimum Gasteiger partial charge on any atom is -0.463 e. The van der Waals surface area contributed by atoms with Crippen LogP contribution in [-0.4, -0.2) is 242 Å². The van der Waals surface area contributed by atoms with Crippen molar-refractivity contribution < 1.29 is 47.9 Å². The Kier molecular flexibility index (Phi) is 51.5. The monoisotopic (exact) mass is 769 g/mol. The second kappa shape index (κ2) is 45.6. The molecule has 16 nitrogen and oxygen atoms in total. The van der Waals surface area contributed by atoms with Crippen LogP contribution in [0.15, 0.2) is 24.8 Å². The first-order chi connectivity index (χ1) is 24.7. The summed E-state index contributed by atoms with van der Waals surface area (Å²) in [6.45, 7) is 20.4. The quantitative estimate of drug-likeness (QED) is 0.0603. The first kappa shape index (κ1) is 59.8. The first-order valence-corrected chi connectivity index (χ1v) is 17.7. The predicted molar refractivity (Wildman–Crippen MR) is 214 cm³/mol. The van der Waals surface area contributed by atoms with Gasteiger partial charge in [0.1, 0.15) is 19.8 Å². The number of esters is 3. The molecule has 0 unspecified atom stereocenters. The lowest BCUT2D eigenvalue weighted by Crippen LogP contribution is -2.22. The fourth-order valence-electron chi connectivity index (χ4n) is 2.44. The molecule has 0 fully saturated rings. The van der Waals surface area contributed by atoms with Gasteiger partial charge in [-0.25, -0.2) is 9.59 Å². The highest BCUT2D eigenvalue weighted by molar-refractivity contribution is 5.86. The third kappa shape index (κ3) is 75.3. The van der Waals surface area contributed by atoms with Crippen molar-refractivity contribution in [3.8, 4) is 0 Å². The molecule has 0 saturated carbocycles. The van der Waals surface area contributed by atoms with E-state index in [4.69, 9.17) is 28.8 Å². The lowest BCUT2D eigenvalue weighted by Gasteiger charge is -2.12. The van der Waals surface area contributed by atoms with E-state index >= 15 is 0 Å². The second-order valence-electron chi connectivity index (χ2n) is 13.0. The summed E-state index contributed by atoms with van der Waals surface area (Å²) in [5.74, 6) is -0.931. The van der Waals surface area contributed by atoms with Crippen LogP contribution < -0.4 is 0 Å². The summed E-state index contributed by atoms with van der Waals surface area (Å²) in [4.78, 5) is 43.7. The number of carbonyl (C=O) groups is 3. The smallest absolute Gasteiger partial charge is 0.333 e. The molecule has 0 aliphatic heterocycles. The van der Waals surface area contributed by atoms with E-state index in [1.807, 2.05) is 76.0 Å². The van der Waals surface area contributed by atoms with Crippen molar-refractivity contribution in [2.75, 3.05) is 190 Å². The molecule has 0 aromatic carbocycles. The van der Waals surface area contributed by atoms with Gasteiger partial charge >= 0.3 is 17.9 Å². The molecular weight excluding hydrogens is 688 g/mol. The van der Waals surface area contributed by atoms with E-state index < -0.39 is 0 Å². The maximum absolute atomic E-state index is 10.8. The molecule has 0 aromatic rings. The van der Waals surface area contributed by atoms with E-state index in [-0.39, 0.29) is 24.5 Å². The van der Waals surface area contributed by atoms with Crippen LogP contribution in [-0.2, 0) is 42.8 Å². The maximum atomic E-state index is 10.8. The zero-order valence-electron chi connectivity index (χ0n) is 36.1. The number of carbonyl (C=O) groups excluding carboxylic acids is 3. The molecule has 0 aromatic heterocycles. The van der Waals surface area contributed by atoms with E-state index in [9.17, 15) is 14.4 Å². The van der Waals surface area contributed by atoms with Crippen molar-refractivity contribution in [3.63, 3.8) is 0 Å². The van der Waals surface area contributed by atoms with Crippen molar-refractivity contribution in [1.29, 1.82) is 0 Å². The molecule has 0 amide bonds. The Morgan fingerprint density at radius 3 is 1.11 bits per heavy atom. The number of hydrogen-bond donors (Lipinski definition) is 1. The van der Waals surface area contributed by atoms with Gasteiger partial charge in [0.15, 0.2) is 0 Å². The van der Waals surface area contributed by atoms with Crippen molar-refractivity contribution in [2.24, 2.45) is 0 Å². The maximum Gasteiger partial charge on any atom is 0.333 e. The molecule has 0 rings (SSSR count). The largest absolute Gasteiger partial charge is 0.463 e. The van der Waals surface area contributed by atoms with Gasteiger partial charge in [-0.05, 0) is 91.5 Å². The Hall–Kier alpha value is -2.51. The zero-order chi connectivity index (χ0) is 42.0. The molecule has 318 valence electrons. The molecule has 53 heavy (non-hydrogen) atoms. The number of rotatable bonds is 25. The van der Waals surface area contributed by atoms with Crippen LogP contribution in [0.5, 0.6) is 0 Å². The summed E-state index contributed by atoms with van der Waals surface area (Å²) in [7, 11) is 23.8. The van der Waals surface area contributed by atoms with Gasteiger partial charge in [-0.2, -0.15) is 0 Å². The topological polar surface area (TPSA) is 146 Å². The Balaban J connectivity index is -0.000000182. The summed E-state index contributed by atoms with van der Waals surface area (Å²) < 4.78 is 29.8. The van der Waals surface area contributed by atoms with Crippen molar-refractivity contribution in [2.45, 2.75) is 13.8 Å². The van der Waals surface area contributed by atoms with Crippen molar-refractivity contribution >= 4 is 17.9 Å². The van der Waals surface area contributed by atoms with Crippen molar-refractivity contribution in [1.82, 2.24) is 29.4 Å². The van der Waals surface area contributed by atoms with Crippen LogP contribution in [0.25, 0.3) is 0 Å². The molecule has 0 spiro atoms. The van der Waals surface area contributed by atoms with Gasteiger partial charge in [0.25, 0.3) is 0 Å². The SMILES string of the molecule is C=C(C)C(=O)OCCN(C)C.C=CC(=O)OCCN(C)C.CC(=O)OCCOCCN(C)C.CN(C)CCOCCN(C)C.CN(C)CCOCCO. The molecule has 0 aliphatic carbocycles. The number of aliphatic hydroxyl groups is 1. The minimum absolute atomic E-state index is 0.118. The number of likely N-dealkylation sites (N-methyl/N-ethyl adjacent to an activating group) is 6. The van der Waals surface area contributed by atoms with Gasteiger partial charge in [0.2, 0.25) is 0 Å². The highest BCUT2D eigenvalue weighted by Gasteiger charge is 2.02. The number of hydrogen-bond acceptors (Lipinski definition) is 16.